The number of nitrogens with zero attached hydrogens (tertiary/aromatic N) is 4. The summed E-state index contributed by atoms with van der Waals surface area (Å²) in [7, 11) is 0. The number of fused-ring (bicyclic) bond motifs is 3. The van der Waals surface area contributed by atoms with Crippen molar-refractivity contribution in [2.75, 3.05) is 0 Å². The van der Waals surface area contributed by atoms with Gasteiger partial charge in [0.05, 0.1) is 39.2 Å². The van der Waals surface area contributed by atoms with Crippen molar-refractivity contribution >= 4 is 21.8 Å². The zero-order valence-corrected chi connectivity index (χ0v) is 28.9. The Hall–Kier alpha value is -5.58. The van der Waals surface area contributed by atoms with Gasteiger partial charge in [-0.2, -0.15) is 31.4 Å². The fourth-order valence-electron chi connectivity index (χ4n) is 6.85. The first-order valence-corrected chi connectivity index (χ1v) is 16.8. The highest BCUT2D eigenvalue weighted by Gasteiger charge is 2.43. The second-order valence-electron chi connectivity index (χ2n) is 13.4. The zero-order chi connectivity index (χ0) is 37.1. The lowest BCUT2D eigenvalue weighted by Crippen LogP contribution is -2.15. The van der Waals surface area contributed by atoms with E-state index in [0.717, 1.165) is 39.3 Å². The summed E-state index contributed by atoms with van der Waals surface area (Å²) in [4.78, 5) is 4.63. The van der Waals surface area contributed by atoms with Crippen molar-refractivity contribution in [2.24, 2.45) is 0 Å². The lowest BCUT2D eigenvalue weighted by molar-refractivity contribution is -0.142. The highest BCUT2D eigenvalue weighted by molar-refractivity contribution is 6.09. The molecular formula is C41H34F6N4O. The minimum Gasteiger partial charge on any atom is -0.457 e. The minimum absolute atomic E-state index is 0.125. The maximum atomic E-state index is 14.4. The van der Waals surface area contributed by atoms with Crippen LogP contribution in [0.5, 0.6) is 11.5 Å². The SMILES string of the molecule is Cc1ccnc(-n2c3ccccc3c3ccc(Oc4cccc(-n5nc(C(C)C)c(-c6c(C(F)(F)F)cccc6C(F)(F)F)c5C(C)C)c4)cc32)c1. The van der Waals surface area contributed by atoms with E-state index in [1.807, 2.05) is 55.5 Å². The number of hydrogen-bond acceptors (Lipinski definition) is 3. The van der Waals surface area contributed by atoms with Gasteiger partial charge in [-0.05, 0) is 78.9 Å². The molecule has 5 nitrogen and oxygen atoms in total. The first-order valence-electron chi connectivity index (χ1n) is 16.8. The molecule has 0 radical (unpaired) electrons. The number of aryl methyl sites for hydroxylation is 1. The van der Waals surface area contributed by atoms with Gasteiger partial charge >= 0.3 is 12.4 Å². The Morgan fingerprint density at radius 2 is 1.29 bits per heavy atom. The predicted octanol–water partition coefficient (Wildman–Crippen LogP) is 12.4. The Bertz CT molecular complexity index is 2420. The van der Waals surface area contributed by atoms with Crippen LogP contribution in [0, 0.1) is 6.92 Å². The summed E-state index contributed by atoms with van der Waals surface area (Å²) in [6.07, 6.45) is -8.33. The fraction of sp³-hybridized carbons (Fsp3) is 0.220. The smallest absolute Gasteiger partial charge is 0.417 e. The third kappa shape index (κ3) is 6.18. The van der Waals surface area contributed by atoms with Gasteiger partial charge in [-0.15, -0.1) is 0 Å². The van der Waals surface area contributed by atoms with Crippen molar-refractivity contribution in [3.63, 3.8) is 0 Å². The van der Waals surface area contributed by atoms with E-state index in [4.69, 9.17) is 9.84 Å². The third-order valence-electron chi connectivity index (χ3n) is 9.04. The average molecular weight is 713 g/mol. The average Bonchev–Trinajstić information content (AvgIpc) is 3.64. The molecule has 0 N–H and O–H groups in total. The number of pyridine rings is 1. The van der Waals surface area contributed by atoms with Crippen LogP contribution in [0.3, 0.4) is 0 Å². The van der Waals surface area contributed by atoms with Crippen molar-refractivity contribution in [2.45, 2.75) is 58.8 Å². The molecule has 0 aliphatic carbocycles. The summed E-state index contributed by atoms with van der Waals surface area (Å²) in [5, 5.41) is 6.76. The number of benzene rings is 4. The Morgan fingerprint density at radius 1 is 0.635 bits per heavy atom. The van der Waals surface area contributed by atoms with Gasteiger partial charge in [0.1, 0.15) is 17.3 Å². The lowest BCUT2D eigenvalue weighted by atomic mass is 9.87. The molecule has 0 saturated heterocycles. The van der Waals surface area contributed by atoms with Crippen LogP contribution in [0.15, 0.2) is 103 Å². The lowest BCUT2D eigenvalue weighted by Gasteiger charge is -2.22. The number of para-hydroxylation sites is 1. The second-order valence-corrected chi connectivity index (χ2v) is 13.4. The number of alkyl halides is 6. The Kier molecular flexibility index (Phi) is 8.63. The molecule has 3 aromatic heterocycles. The topological polar surface area (TPSA) is 44.9 Å². The molecule has 0 unspecified atom stereocenters. The zero-order valence-electron chi connectivity index (χ0n) is 28.9. The molecule has 7 rings (SSSR count). The van der Waals surface area contributed by atoms with Gasteiger partial charge in [-0.25, -0.2) is 9.67 Å². The van der Waals surface area contributed by atoms with E-state index in [2.05, 4.69) is 15.6 Å². The number of aromatic nitrogens is 4. The standard InChI is InChI=1S/C41H34F6N4O/c1-23(2)38-37(36-31(40(42,43)44)13-9-14-32(36)41(45,46)47)39(24(3)4)51(49-38)26-10-8-11-27(21-26)52-28-16-17-30-29-12-6-7-15-33(29)50(34(30)22-28)35-20-25(5)18-19-48-35/h6-24H,1-5H3. The summed E-state index contributed by atoms with van der Waals surface area (Å²) in [5.41, 5.74) is -0.136. The van der Waals surface area contributed by atoms with Crippen LogP contribution in [0.25, 0.3) is 44.4 Å². The van der Waals surface area contributed by atoms with Crippen molar-refractivity contribution in [3.8, 4) is 34.1 Å². The molecule has 0 fully saturated rings. The molecule has 0 saturated carbocycles. The molecule has 266 valence electrons. The molecule has 0 bridgehead atoms. The quantitative estimate of drug-likeness (QED) is 0.155. The summed E-state index contributed by atoms with van der Waals surface area (Å²) >= 11 is 0. The van der Waals surface area contributed by atoms with Gasteiger partial charge in [0.25, 0.3) is 0 Å². The van der Waals surface area contributed by atoms with Crippen molar-refractivity contribution in [1.29, 1.82) is 0 Å². The van der Waals surface area contributed by atoms with Gasteiger partial charge in [-0.1, -0.05) is 58.0 Å². The first kappa shape index (κ1) is 34.9. The van der Waals surface area contributed by atoms with Gasteiger partial charge in [-0.3, -0.25) is 4.57 Å². The molecule has 0 atom stereocenters. The van der Waals surface area contributed by atoms with Gasteiger partial charge in [0, 0.05) is 40.2 Å². The molecule has 0 amide bonds. The van der Waals surface area contributed by atoms with Gasteiger partial charge in [0.15, 0.2) is 0 Å². The molecule has 52 heavy (non-hydrogen) atoms. The fourth-order valence-corrected chi connectivity index (χ4v) is 6.85. The molecule has 11 heteroatoms. The van der Waals surface area contributed by atoms with E-state index < -0.39 is 40.9 Å². The summed E-state index contributed by atoms with van der Waals surface area (Å²) < 4.78 is 96.5. The van der Waals surface area contributed by atoms with E-state index in [0.29, 0.717) is 29.3 Å². The van der Waals surface area contributed by atoms with Gasteiger partial charge < -0.3 is 4.74 Å². The summed E-state index contributed by atoms with van der Waals surface area (Å²) in [6, 6.07) is 26.7. The third-order valence-corrected chi connectivity index (χ3v) is 9.04. The van der Waals surface area contributed by atoms with E-state index in [1.165, 1.54) is 4.68 Å². The summed E-state index contributed by atoms with van der Waals surface area (Å²) in [6.45, 7) is 8.85. The second kappa shape index (κ2) is 12.9. The van der Waals surface area contributed by atoms with Gasteiger partial charge in [0.2, 0.25) is 0 Å². The highest BCUT2D eigenvalue weighted by Crippen LogP contribution is 2.49. The molecule has 0 aliphatic heterocycles. The van der Waals surface area contributed by atoms with E-state index >= 15 is 0 Å². The summed E-state index contributed by atoms with van der Waals surface area (Å²) in [5.74, 6) is 0.655. The van der Waals surface area contributed by atoms with Crippen molar-refractivity contribution in [3.05, 3.63) is 131 Å². The molecule has 3 heterocycles. The predicted molar refractivity (Wildman–Crippen MR) is 191 cm³/mol. The van der Waals surface area contributed by atoms with Crippen molar-refractivity contribution < 1.29 is 31.1 Å². The maximum Gasteiger partial charge on any atom is 0.417 e. The highest BCUT2D eigenvalue weighted by atomic mass is 19.4. The van der Waals surface area contributed by atoms with Crippen LogP contribution >= 0.6 is 0 Å². The first-order chi connectivity index (χ1) is 24.6. The van der Waals surface area contributed by atoms with Crippen LogP contribution in [0.4, 0.5) is 26.3 Å². The Morgan fingerprint density at radius 3 is 1.94 bits per heavy atom. The van der Waals surface area contributed by atoms with E-state index in [-0.39, 0.29) is 17.0 Å². The number of ether oxygens (including phenoxy) is 1. The maximum absolute atomic E-state index is 14.4. The molecule has 0 aliphatic rings. The van der Waals surface area contributed by atoms with Crippen LogP contribution in [0.2, 0.25) is 0 Å². The Balaban J connectivity index is 1.37. The molecule has 7 aromatic rings. The monoisotopic (exact) mass is 712 g/mol. The van der Waals surface area contributed by atoms with Crippen molar-refractivity contribution in [1.82, 2.24) is 19.3 Å². The molecular weight excluding hydrogens is 678 g/mol. The van der Waals surface area contributed by atoms with Crippen LogP contribution in [-0.4, -0.2) is 19.3 Å². The van der Waals surface area contributed by atoms with Crippen LogP contribution in [-0.2, 0) is 12.4 Å². The largest absolute Gasteiger partial charge is 0.457 e. The normalized spacial score (nSPS) is 12.5. The van der Waals surface area contributed by atoms with Crippen LogP contribution < -0.4 is 4.74 Å². The van der Waals surface area contributed by atoms with E-state index in [1.54, 1.807) is 58.2 Å². The molecule has 4 aromatic carbocycles. The van der Waals surface area contributed by atoms with E-state index in [9.17, 15) is 26.3 Å². The molecule has 0 spiro atoms. The Labute approximate surface area is 296 Å². The number of hydrogen-bond donors (Lipinski definition) is 0. The minimum atomic E-state index is -5.04. The number of halogens is 6. The van der Waals surface area contributed by atoms with Crippen LogP contribution in [0.1, 0.15) is 67.6 Å². The number of rotatable bonds is 7.